The molecule has 0 bridgehead atoms. The van der Waals surface area contributed by atoms with Crippen molar-refractivity contribution in [3.05, 3.63) is 0 Å². The molecule has 0 saturated heterocycles. The van der Waals surface area contributed by atoms with Crippen LogP contribution in [0.4, 0.5) is 0 Å². The monoisotopic (exact) mass is 225 g/mol. The zero-order valence-electron chi connectivity index (χ0n) is 10.7. The van der Waals surface area contributed by atoms with Gasteiger partial charge in [-0.15, -0.1) is 0 Å². The summed E-state index contributed by atoms with van der Waals surface area (Å²) >= 11 is 0. The first-order valence-corrected chi connectivity index (χ1v) is 5.70. The van der Waals surface area contributed by atoms with Gasteiger partial charge in [0, 0.05) is 13.0 Å². The number of nitrogens with two attached hydrogens (primary N) is 1. The summed E-state index contributed by atoms with van der Waals surface area (Å²) in [5.74, 6) is -0.129. The lowest BCUT2D eigenvalue weighted by atomic mass is 9.87. The zero-order chi connectivity index (χ0) is 12.8. The number of carbonyl (C=O) groups excluding carboxylic acids is 1. The molecule has 0 aliphatic heterocycles. The number of nitrogens with one attached hydrogen (secondary N) is 1. The topological polar surface area (TPSA) is 78.9 Å². The molecule has 16 heavy (non-hydrogen) atoms. The first-order chi connectivity index (χ1) is 7.30. The summed E-state index contributed by atoms with van der Waals surface area (Å²) in [5, 5.41) is 11.7. The normalized spacial score (nSPS) is 13.5. The van der Waals surface area contributed by atoms with Crippen molar-refractivity contribution < 1.29 is 4.79 Å². The fourth-order valence-corrected chi connectivity index (χ4v) is 1.53. The number of carbonyl (C=O) groups is 1. The number of hydrogen-bond acceptors (Lipinski definition) is 3. The Bertz CT molecular complexity index is 266. The smallest absolute Gasteiger partial charge is 0.234 e. The second-order valence-electron chi connectivity index (χ2n) is 5.33. The van der Waals surface area contributed by atoms with E-state index in [9.17, 15) is 4.79 Å². The molecule has 0 aromatic rings. The Morgan fingerprint density at radius 3 is 2.44 bits per heavy atom. The third-order valence-corrected chi connectivity index (χ3v) is 2.69. The van der Waals surface area contributed by atoms with E-state index in [-0.39, 0.29) is 23.3 Å². The van der Waals surface area contributed by atoms with Crippen LogP contribution in [0.1, 0.15) is 40.5 Å². The van der Waals surface area contributed by atoms with Crippen molar-refractivity contribution in [2.24, 2.45) is 17.1 Å². The van der Waals surface area contributed by atoms with Crippen LogP contribution >= 0.6 is 0 Å². The van der Waals surface area contributed by atoms with Crippen molar-refractivity contribution in [1.29, 1.82) is 5.26 Å². The van der Waals surface area contributed by atoms with Crippen LogP contribution in [-0.4, -0.2) is 18.5 Å². The van der Waals surface area contributed by atoms with Gasteiger partial charge in [0.1, 0.15) is 0 Å². The molecule has 1 unspecified atom stereocenters. The predicted molar refractivity (Wildman–Crippen MR) is 64.5 cm³/mol. The summed E-state index contributed by atoms with van der Waals surface area (Å²) < 4.78 is 0. The van der Waals surface area contributed by atoms with E-state index in [0.717, 1.165) is 6.42 Å². The van der Waals surface area contributed by atoms with Crippen LogP contribution in [0, 0.1) is 22.7 Å². The van der Waals surface area contributed by atoms with E-state index in [1.807, 2.05) is 13.8 Å². The zero-order valence-corrected chi connectivity index (χ0v) is 10.7. The summed E-state index contributed by atoms with van der Waals surface area (Å²) in [6.45, 7) is 8.78. The van der Waals surface area contributed by atoms with Gasteiger partial charge in [-0.3, -0.25) is 4.79 Å². The molecule has 4 nitrogen and oxygen atoms in total. The lowest BCUT2D eigenvalue weighted by Crippen LogP contribution is -2.48. The van der Waals surface area contributed by atoms with E-state index in [1.54, 1.807) is 0 Å². The van der Waals surface area contributed by atoms with Crippen LogP contribution in [0.5, 0.6) is 0 Å². The summed E-state index contributed by atoms with van der Waals surface area (Å²) in [6, 6.07) is 1.85. The molecule has 0 aliphatic rings. The van der Waals surface area contributed by atoms with Gasteiger partial charge < -0.3 is 11.1 Å². The van der Waals surface area contributed by atoms with Gasteiger partial charge in [-0.1, -0.05) is 27.7 Å². The number of hydrogen-bond donors (Lipinski definition) is 2. The second kappa shape index (κ2) is 6.49. The van der Waals surface area contributed by atoms with Crippen LogP contribution in [0.2, 0.25) is 0 Å². The molecule has 3 N–H and O–H groups in total. The maximum Gasteiger partial charge on any atom is 0.234 e. The molecule has 0 aromatic heterocycles. The molecular formula is C12H23N3O. The molecule has 0 aromatic carbocycles. The van der Waals surface area contributed by atoms with Gasteiger partial charge in [0.2, 0.25) is 5.91 Å². The summed E-state index contributed by atoms with van der Waals surface area (Å²) in [6.07, 6.45) is 1.36. The van der Waals surface area contributed by atoms with Crippen LogP contribution in [0.3, 0.4) is 0 Å². The van der Waals surface area contributed by atoms with Crippen molar-refractivity contribution in [2.45, 2.75) is 46.6 Å². The molecular weight excluding hydrogens is 202 g/mol. The minimum absolute atomic E-state index is 0.0122. The minimum atomic E-state index is -0.314. The molecule has 0 spiro atoms. The van der Waals surface area contributed by atoms with Gasteiger partial charge >= 0.3 is 0 Å². The molecule has 0 rings (SSSR count). The van der Waals surface area contributed by atoms with Gasteiger partial charge in [0.05, 0.1) is 12.1 Å². The maximum absolute atomic E-state index is 11.2. The van der Waals surface area contributed by atoms with Crippen LogP contribution in [0.15, 0.2) is 0 Å². The maximum atomic E-state index is 11.2. The SMILES string of the molecule is CC(C)C(NCC(C)(C)CCC#N)C(N)=O. The third kappa shape index (κ3) is 5.72. The molecule has 0 heterocycles. The van der Waals surface area contributed by atoms with E-state index >= 15 is 0 Å². The Kier molecular flexibility index (Phi) is 6.05. The van der Waals surface area contributed by atoms with Gasteiger partial charge in [-0.25, -0.2) is 0 Å². The Hall–Kier alpha value is -1.08. The Morgan fingerprint density at radius 2 is 2.06 bits per heavy atom. The Labute approximate surface area is 98.2 Å². The molecule has 0 aliphatic carbocycles. The average molecular weight is 225 g/mol. The summed E-state index contributed by atoms with van der Waals surface area (Å²) in [5.41, 5.74) is 5.33. The molecule has 92 valence electrons. The van der Waals surface area contributed by atoms with Crippen LogP contribution in [0.25, 0.3) is 0 Å². The van der Waals surface area contributed by atoms with Gasteiger partial charge in [0.25, 0.3) is 0 Å². The van der Waals surface area contributed by atoms with Crippen LogP contribution in [-0.2, 0) is 4.79 Å². The standard InChI is InChI=1S/C12H23N3O/c1-9(2)10(11(14)16)15-8-12(3,4)6-5-7-13/h9-10,15H,5-6,8H2,1-4H3,(H2,14,16). The van der Waals surface area contributed by atoms with Crippen LogP contribution < -0.4 is 11.1 Å². The summed E-state index contributed by atoms with van der Waals surface area (Å²) in [4.78, 5) is 11.2. The molecule has 4 heteroatoms. The lowest BCUT2D eigenvalue weighted by Gasteiger charge is -2.28. The Balaban J connectivity index is 4.20. The van der Waals surface area contributed by atoms with E-state index in [2.05, 4.69) is 25.2 Å². The number of nitriles is 1. The molecule has 0 saturated carbocycles. The van der Waals surface area contributed by atoms with Gasteiger partial charge in [0.15, 0.2) is 0 Å². The van der Waals surface area contributed by atoms with Crippen molar-refractivity contribution in [3.63, 3.8) is 0 Å². The van der Waals surface area contributed by atoms with Crippen molar-refractivity contribution in [1.82, 2.24) is 5.32 Å². The minimum Gasteiger partial charge on any atom is -0.368 e. The fraction of sp³-hybridized carbons (Fsp3) is 0.833. The number of rotatable bonds is 7. The van der Waals surface area contributed by atoms with E-state index in [1.165, 1.54) is 0 Å². The van der Waals surface area contributed by atoms with Crippen molar-refractivity contribution in [3.8, 4) is 6.07 Å². The van der Waals surface area contributed by atoms with E-state index < -0.39 is 0 Å². The fourth-order valence-electron chi connectivity index (χ4n) is 1.53. The number of primary amides is 1. The van der Waals surface area contributed by atoms with E-state index in [4.69, 9.17) is 11.0 Å². The number of nitrogens with zero attached hydrogens (tertiary/aromatic N) is 1. The van der Waals surface area contributed by atoms with E-state index in [0.29, 0.717) is 13.0 Å². The molecule has 0 radical (unpaired) electrons. The second-order valence-corrected chi connectivity index (χ2v) is 5.33. The average Bonchev–Trinajstić information content (AvgIpc) is 2.13. The quantitative estimate of drug-likeness (QED) is 0.687. The third-order valence-electron chi connectivity index (χ3n) is 2.69. The van der Waals surface area contributed by atoms with Crippen molar-refractivity contribution >= 4 is 5.91 Å². The van der Waals surface area contributed by atoms with Gasteiger partial charge in [-0.2, -0.15) is 5.26 Å². The number of amides is 1. The highest BCUT2D eigenvalue weighted by Crippen LogP contribution is 2.21. The highest BCUT2D eigenvalue weighted by molar-refractivity contribution is 5.80. The highest BCUT2D eigenvalue weighted by Gasteiger charge is 2.23. The van der Waals surface area contributed by atoms with Crippen molar-refractivity contribution in [2.75, 3.05) is 6.54 Å². The molecule has 0 fully saturated rings. The lowest BCUT2D eigenvalue weighted by molar-refractivity contribution is -0.121. The van der Waals surface area contributed by atoms with Gasteiger partial charge in [-0.05, 0) is 17.8 Å². The first kappa shape index (κ1) is 14.9. The summed E-state index contributed by atoms with van der Waals surface area (Å²) in [7, 11) is 0. The Morgan fingerprint density at radius 1 is 1.50 bits per heavy atom. The largest absolute Gasteiger partial charge is 0.368 e. The highest BCUT2D eigenvalue weighted by atomic mass is 16.1. The predicted octanol–water partition coefficient (Wildman–Crippen LogP) is 1.42. The molecule has 1 amide bonds. The molecule has 1 atom stereocenters. The first-order valence-electron chi connectivity index (χ1n) is 5.70.